The van der Waals surface area contributed by atoms with Crippen molar-refractivity contribution in [2.75, 3.05) is 5.32 Å². The van der Waals surface area contributed by atoms with Crippen molar-refractivity contribution in [3.63, 3.8) is 0 Å². The van der Waals surface area contributed by atoms with Crippen LogP contribution in [0.2, 0.25) is 5.15 Å². The monoisotopic (exact) mass is 373 g/mol. The van der Waals surface area contributed by atoms with Crippen molar-refractivity contribution in [3.8, 4) is 0 Å². The van der Waals surface area contributed by atoms with Gasteiger partial charge in [-0.1, -0.05) is 57.5 Å². The second kappa shape index (κ2) is 9.04. The summed E-state index contributed by atoms with van der Waals surface area (Å²) in [4.78, 5) is 12.5. The van der Waals surface area contributed by atoms with Gasteiger partial charge in [-0.05, 0) is 42.9 Å². The number of nitrogens with one attached hydrogen (secondary N) is 1. The summed E-state index contributed by atoms with van der Waals surface area (Å²) in [6.07, 6.45) is 5.03. The van der Waals surface area contributed by atoms with Crippen molar-refractivity contribution < 1.29 is 4.79 Å². The third-order valence-electron chi connectivity index (χ3n) is 4.30. The minimum Gasteiger partial charge on any atom is -0.322 e. The molecule has 1 aromatic heterocycles. The van der Waals surface area contributed by atoms with Gasteiger partial charge in [0.1, 0.15) is 5.15 Å². The van der Waals surface area contributed by atoms with E-state index >= 15 is 0 Å². The van der Waals surface area contributed by atoms with Crippen LogP contribution in [0.4, 0.5) is 5.69 Å². The summed E-state index contributed by atoms with van der Waals surface area (Å²) in [5.41, 5.74) is 4.82. The molecule has 1 N–H and O–H groups in total. The molecule has 0 aliphatic heterocycles. The lowest BCUT2D eigenvalue weighted by molar-refractivity contribution is -0.111. The minimum absolute atomic E-state index is 0.160. The maximum absolute atomic E-state index is 12.5. The summed E-state index contributed by atoms with van der Waals surface area (Å²) in [5, 5.41) is 8.07. The number of para-hydroxylation sites is 1. The molecule has 0 fully saturated rings. The molecule has 26 heavy (non-hydrogen) atoms. The highest BCUT2D eigenvalue weighted by molar-refractivity contribution is 6.31. The second-order valence-corrected chi connectivity index (χ2v) is 7.20. The van der Waals surface area contributed by atoms with Gasteiger partial charge < -0.3 is 5.32 Å². The number of aryl methyl sites for hydroxylation is 3. The lowest BCUT2D eigenvalue weighted by atomic mass is 10.0. The van der Waals surface area contributed by atoms with Crippen LogP contribution in [-0.4, -0.2) is 15.7 Å². The van der Waals surface area contributed by atoms with Crippen LogP contribution in [0.15, 0.2) is 24.3 Å². The van der Waals surface area contributed by atoms with E-state index in [4.69, 9.17) is 11.6 Å². The number of anilines is 1. The third-order valence-corrected chi connectivity index (χ3v) is 4.69. The van der Waals surface area contributed by atoms with E-state index < -0.39 is 0 Å². The zero-order valence-electron chi connectivity index (χ0n) is 16.3. The summed E-state index contributed by atoms with van der Waals surface area (Å²) in [7, 11) is 0. The average Bonchev–Trinajstić information content (AvgIpc) is 2.86. The first-order valence-corrected chi connectivity index (χ1v) is 9.57. The van der Waals surface area contributed by atoms with Crippen LogP contribution in [-0.2, 0) is 24.2 Å². The van der Waals surface area contributed by atoms with Gasteiger partial charge in [0.15, 0.2) is 0 Å². The fourth-order valence-corrected chi connectivity index (χ4v) is 3.26. The Kier molecular flexibility index (Phi) is 7.04. The highest BCUT2D eigenvalue weighted by Crippen LogP contribution is 2.24. The molecule has 0 unspecified atom stereocenters. The van der Waals surface area contributed by atoms with Gasteiger partial charge in [0.25, 0.3) is 0 Å². The quantitative estimate of drug-likeness (QED) is 0.671. The molecule has 140 valence electrons. The summed E-state index contributed by atoms with van der Waals surface area (Å²) < 4.78 is 1.79. The first kappa shape index (κ1) is 20.2. The smallest absolute Gasteiger partial charge is 0.248 e. The predicted octanol–water partition coefficient (Wildman–Crippen LogP) is 5.28. The van der Waals surface area contributed by atoms with Gasteiger partial charge in [-0.2, -0.15) is 5.10 Å². The number of benzene rings is 1. The number of amides is 1. The molecule has 0 aliphatic carbocycles. The van der Waals surface area contributed by atoms with Gasteiger partial charge in [0.2, 0.25) is 5.91 Å². The molecular weight excluding hydrogens is 346 g/mol. The van der Waals surface area contributed by atoms with E-state index in [-0.39, 0.29) is 5.91 Å². The van der Waals surface area contributed by atoms with Crippen molar-refractivity contribution >= 4 is 29.3 Å². The van der Waals surface area contributed by atoms with E-state index in [0.717, 1.165) is 47.5 Å². The van der Waals surface area contributed by atoms with Crippen molar-refractivity contribution in [2.45, 2.75) is 54.0 Å². The van der Waals surface area contributed by atoms with Crippen molar-refractivity contribution in [1.29, 1.82) is 0 Å². The molecule has 5 heteroatoms. The largest absolute Gasteiger partial charge is 0.322 e. The molecular formula is C21H28ClN3O. The lowest BCUT2D eigenvalue weighted by Crippen LogP contribution is -2.11. The number of nitrogens with zero attached hydrogens (tertiary/aromatic N) is 2. The standard InChI is InChI=1S/C21H28ClN3O/c1-6-16-9-8-10-17(7-2)20(16)23-19(26)12-11-18-15(5)24-25(21(18)22)13-14(3)4/h8-12,14H,6-7,13H2,1-5H3,(H,23,26)/b12-11+. The Bertz CT molecular complexity index is 784. The number of halogens is 1. The maximum atomic E-state index is 12.5. The number of hydrogen-bond donors (Lipinski definition) is 1. The Morgan fingerprint density at radius 3 is 2.42 bits per heavy atom. The second-order valence-electron chi connectivity index (χ2n) is 6.85. The number of carbonyl (C=O) groups is 1. The highest BCUT2D eigenvalue weighted by atomic mass is 35.5. The van der Waals surface area contributed by atoms with E-state index in [9.17, 15) is 4.79 Å². The Morgan fingerprint density at radius 1 is 1.27 bits per heavy atom. The summed E-state index contributed by atoms with van der Waals surface area (Å²) in [6.45, 7) is 11.1. The highest BCUT2D eigenvalue weighted by Gasteiger charge is 2.13. The summed E-state index contributed by atoms with van der Waals surface area (Å²) >= 11 is 6.43. The van der Waals surface area contributed by atoms with E-state index in [2.05, 4.69) is 50.2 Å². The molecule has 2 rings (SSSR count). The Balaban J connectivity index is 2.20. The molecule has 4 nitrogen and oxygen atoms in total. The Labute approximate surface area is 161 Å². The van der Waals surface area contributed by atoms with Crippen molar-refractivity contribution in [1.82, 2.24) is 9.78 Å². The fourth-order valence-electron chi connectivity index (χ4n) is 2.95. The zero-order chi connectivity index (χ0) is 19.3. The van der Waals surface area contributed by atoms with Crippen LogP contribution in [0.5, 0.6) is 0 Å². The van der Waals surface area contributed by atoms with Gasteiger partial charge in [-0.15, -0.1) is 0 Å². The van der Waals surface area contributed by atoms with Gasteiger partial charge in [-0.25, -0.2) is 0 Å². The maximum Gasteiger partial charge on any atom is 0.248 e. The molecule has 0 saturated carbocycles. The van der Waals surface area contributed by atoms with Crippen molar-refractivity contribution in [2.24, 2.45) is 5.92 Å². The molecule has 1 amide bonds. The normalized spacial score (nSPS) is 11.5. The van der Waals surface area contributed by atoms with Gasteiger partial charge in [0, 0.05) is 23.9 Å². The molecule has 0 bridgehead atoms. The zero-order valence-corrected chi connectivity index (χ0v) is 17.0. The van der Waals surface area contributed by atoms with E-state index in [1.165, 1.54) is 6.08 Å². The van der Waals surface area contributed by atoms with Gasteiger partial charge in [0.05, 0.1) is 5.69 Å². The predicted molar refractivity (Wildman–Crippen MR) is 110 cm³/mol. The molecule has 1 aromatic carbocycles. The molecule has 0 spiro atoms. The third kappa shape index (κ3) is 4.76. The summed E-state index contributed by atoms with van der Waals surface area (Å²) in [6, 6.07) is 6.14. The molecule has 0 saturated heterocycles. The fraction of sp³-hybridized carbons (Fsp3) is 0.429. The van der Waals surface area contributed by atoms with Crippen LogP contribution in [0.25, 0.3) is 6.08 Å². The number of aromatic nitrogens is 2. The minimum atomic E-state index is -0.160. The van der Waals surface area contributed by atoms with Crippen LogP contribution in [0.1, 0.15) is 50.1 Å². The first-order valence-electron chi connectivity index (χ1n) is 9.20. The first-order chi connectivity index (χ1) is 12.4. The molecule has 1 heterocycles. The Hall–Kier alpha value is -2.07. The lowest BCUT2D eigenvalue weighted by Gasteiger charge is -2.13. The van der Waals surface area contributed by atoms with Crippen LogP contribution < -0.4 is 5.32 Å². The summed E-state index contributed by atoms with van der Waals surface area (Å²) in [5.74, 6) is 0.289. The molecule has 0 aliphatic rings. The molecule has 2 aromatic rings. The molecule has 0 radical (unpaired) electrons. The van der Waals surface area contributed by atoms with Crippen molar-refractivity contribution in [3.05, 3.63) is 51.8 Å². The van der Waals surface area contributed by atoms with E-state index in [1.807, 2.05) is 13.0 Å². The van der Waals surface area contributed by atoms with Gasteiger partial charge >= 0.3 is 0 Å². The number of carbonyl (C=O) groups excluding carboxylic acids is 1. The topological polar surface area (TPSA) is 46.9 Å². The average molecular weight is 374 g/mol. The number of rotatable bonds is 7. The van der Waals surface area contributed by atoms with Crippen LogP contribution in [0.3, 0.4) is 0 Å². The van der Waals surface area contributed by atoms with E-state index in [0.29, 0.717) is 11.1 Å². The van der Waals surface area contributed by atoms with Crippen LogP contribution >= 0.6 is 11.6 Å². The van der Waals surface area contributed by atoms with Gasteiger partial charge in [-0.3, -0.25) is 9.48 Å². The SMILES string of the molecule is CCc1cccc(CC)c1NC(=O)/C=C/c1c(C)nn(CC(C)C)c1Cl. The molecule has 0 atom stereocenters. The number of hydrogen-bond acceptors (Lipinski definition) is 2. The van der Waals surface area contributed by atoms with E-state index in [1.54, 1.807) is 10.8 Å². The Morgan fingerprint density at radius 2 is 1.88 bits per heavy atom. The van der Waals surface area contributed by atoms with Crippen LogP contribution in [0, 0.1) is 12.8 Å².